The number of pyridine rings is 1. The summed E-state index contributed by atoms with van der Waals surface area (Å²) < 4.78 is 0. The Morgan fingerprint density at radius 1 is 1.14 bits per heavy atom. The van der Waals surface area contributed by atoms with Gasteiger partial charge < -0.3 is 10.6 Å². The fourth-order valence-corrected chi connectivity index (χ4v) is 4.18. The molecule has 3 heterocycles. The van der Waals surface area contributed by atoms with Crippen LogP contribution in [0, 0.1) is 5.92 Å². The molecule has 0 bridgehead atoms. The normalized spacial score (nSPS) is 17.9. The number of hydrogen-bond acceptors (Lipinski definition) is 8. The number of aromatic nitrogens is 5. The van der Waals surface area contributed by atoms with Gasteiger partial charge in [0.05, 0.1) is 12.1 Å². The first kappa shape index (κ1) is 19.1. The third-order valence-corrected chi connectivity index (χ3v) is 5.65. The first-order chi connectivity index (χ1) is 14.2. The highest BCUT2D eigenvalue weighted by molar-refractivity contribution is 7.15. The van der Waals surface area contributed by atoms with Crippen molar-refractivity contribution in [2.45, 2.75) is 31.6 Å². The molecule has 2 amide bonds. The van der Waals surface area contributed by atoms with Gasteiger partial charge in [-0.05, 0) is 43.0 Å². The molecule has 1 saturated carbocycles. The van der Waals surface area contributed by atoms with Crippen molar-refractivity contribution in [3.05, 3.63) is 52.9 Å². The molecule has 0 saturated heterocycles. The number of amides is 2. The summed E-state index contributed by atoms with van der Waals surface area (Å²) in [5.74, 6) is 1.19. The number of carbonyl (C=O) groups excluding carboxylic acids is 2. The molecule has 0 radical (unpaired) electrons. The predicted octanol–water partition coefficient (Wildman–Crippen LogP) is 2.21. The van der Waals surface area contributed by atoms with E-state index in [0.29, 0.717) is 34.9 Å². The Balaban J connectivity index is 1.24. The van der Waals surface area contributed by atoms with E-state index in [4.69, 9.17) is 0 Å². The van der Waals surface area contributed by atoms with E-state index in [-0.39, 0.29) is 12.3 Å². The fourth-order valence-electron chi connectivity index (χ4n) is 3.31. The first-order valence-electron chi connectivity index (χ1n) is 9.25. The molecular weight excluding hydrogens is 390 g/mol. The average Bonchev–Trinajstić information content (AvgIpc) is 3.13. The van der Waals surface area contributed by atoms with Gasteiger partial charge in [-0.1, -0.05) is 17.4 Å². The quantitative estimate of drug-likeness (QED) is 0.547. The van der Waals surface area contributed by atoms with Gasteiger partial charge in [-0.15, -0.1) is 15.3 Å². The number of nitrogens with one attached hydrogen (secondary N) is 2. The number of anilines is 2. The Labute approximate surface area is 171 Å². The van der Waals surface area contributed by atoms with Crippen LogP contribution < -0.4 is 10.6 Å². The van der Waals surface area contributed by atoms with Gasteiger partial charge in [0.1, 0.15) is 5.01 Å². The summed E-state index contributed by atoms with van der Waals surface area (Å²) in [5.41, 5.74) is 1.66. The zero-order valence-electron chi connectivity index (χ0n) is 15.5. The maximum atomic E-state index is 12.1. The zero-order chi connectivity index (χ0) is 20.1. The second kappa shape index (κ2) is 8.82. The van der Waals surface area contributed by atoms with Crippen LogP contribution in [0.2, 0.25) is 0 Å². The van der Waals surface area contributed by atoms with Gasteiger partial charge in [0, 0.05) is 24.2 Å². The van der Waals surface area contributed by atoms with Gasteiger partial charge in [0.25, 0.3) is 0 Å². The van der Waals surface area contributed by atoms with Gasteiger partial charge in [-0.2, -0.15) is 5.10 Å². The summed E-state index contributed by atoms with van der Waals surface area (Å²) in [4.78, 5) is 26.6. The highest BCUT2D eigenvalue weighted by Crippen LogP contribution is 2.42. The number of rotatable bonds is 8. The predicted molar refractivity (Wildman–Crippen MR) is 107 cm³/mol. The van der Waals surface area contributed by atoms with E-state index in [2.05, 4.69) is 36.0 Å². The van der Waals surface area contributed by atoms with Crippen LogP contribution in [-0.4, -0.2) is 37.7 Å². The molecule has 10 heteroatoms. The van der Waals surface area contributed by atoms with Crippen molar-refractivity contribution in [2.75, 3.05) is 10.6 Å². The molecule has 0 unspecified atom stereocenters. The molecule has 3 aromatic heterocycles. The average molecular weight is 409 g/mol. The third-order valence-electron chi connectivity index (χ3n) is 4.79. The zero-order valence-corrected chi connectivity index (χ0v) is 16.3. The van der Waals surface area contributed by atoms with Crippen LogP contribution in [0.3, 0.4) is 0 Å². The Kier molecular flexibility index (Phi) is 5.80. The third kappa shape index (κ3) is 4.96. The maximum absolute atomic E-state index is 12.1. The minimum atomic E-state index is -0.152. The van der Waals surface area contributed by atoms with Crippen molar-refractivity contribution in [2.24, 2.45) is 5.92 Å². The Morgan fingerprint density at radius 2 is 2.03 bits per heavy atom. The molecule has 0 aliphatic heterocycles. The van der Waals surface area contributed by atoms with Crippen LogP contribution in [0.5, 0.6) is 0 Å². The molecule has 0 atom stereocenters. The van der Waals surface area contributed by atoms with Crippen LogP contribution in [0.1, 0.15) is 35.2 Å². The summed E-state index contributed by atoms with van der Waals surface area (Å²) in [6.07, 6.45) is 5.32. The molecule has 0 aromatic carbocycles. The number of hydrogen-bond donors (Lipinski definition) is 2. The molecule has 0 spiro atoms. The van der Waals surface area contributed by atoms with Crippen LogP contribution in [0.15, 0.2) is 36.5 Å². The minimum Gasteiger partial charge on any atom is -0.312 e. The van der Waals surface area contributed by atoms with Crippen molar-refractivity contribution in [3.63, 3.8) is 0 Å². The lowest BCUT2D eigenvalue weighted by atomic mass is 9.72. The van der Waals surface area contributed by atoms with E-state index in [0.717, 1.165) is 30.0 Å². The highest BCUT2D eigenvalue weighted by Gasteiger charge is 2.32. The first-order valence-corrected chi connectivity index (χ1v) is 10.1. The lowest BCUT2D eigenvalue weighted by Crippen LogP contribution is -2.24. The molecule has 1 fully saturated rings. The van der Waals surface area contributed by atoms with Crippen LogP contribution in [0.4, 0.5) is 10.9 Å². The standard InChI is InChI=1S/C19H19N7O2S/c27-11-21-16-5-4-15(23-24-16)13-7-12(8-13)9-18-25-26-19(29-18)22-17(28)10-14-3-1-2-6-20-14/h1-6,11-13H,7-10H2,(H,21,24,27)(H,22,26,28). The Morgan fingerprint density at radius 3 is 2.76 bits per heavy atom. The molecular formula is C19H19N7O2S. The molecule has 9 nitrogen and oxygen atoms in total. The summed E-state index contributed by atoms with van der Waals surface area (Å²) in [5, 5.41) is 23.1. The molecule has 1 aliphatic rings. The number of carbonyl (C=O) groups is 2. The van der Waals surface area contributed by atoms with E-state index in [1.54, 1.807) is 12.3 Å². The smallest absolute Gasteiger partial charge is 0.232 e. The van der Waals surface area contributed by atoms with E-state index in [9.17, 15) is 9.59 Å². The Hall–Kier alpha value is -3.27. The van der Waals surface area contributed by atoms with E-state index in [1.165, 1.54) is 11.3 Å². The molecule has 1 aliphatic carbocycles. The Bertz CT molecular complexity index is 972. The van der Waals surface area contributed by atoms with Crippen molar-refractivity contribution in [1.82, 2.24) is 25.4 Å². The lowest BCUT2D eigenvalue weighted by Gasteiger charge is -2.34. The highest BCUT2D eigenvalue weighted by atomic mass is 32.1. The van der Waals surface area contributed by atoms with Crippen molar-refractivity contribution in [1.29, 1.82) is 0 Å². The summed E-state index contributed by atoms with van der Waals surface area (Å²) in [6, 6.07) is 9.14. The largest absolute Gasteiger partial charge is 0.312 e. The van der Waals surface area contributed by atoms with Gasteiger partial charge in [0.2, 0.25) is 17.4 Å². The van der Waals surface area contributed by atoms with E-state index < -0.39 is 0 Å². The summed E-state index contributed by atoms with van der Waals surface area (Å²) >= 11 is 1.41. The molecule has 2 N–H and O–H groups in total. The van der Waals surface area contributed by atoms with Gasteiger partial charge in [-0.25, -0.2) is 0 Å². The molecule has 148 valence electrons. The maximum Gasteiger partial charge on any atom is 0.232 e. The van der Waals surface area contributed by atoms with E-state index >= 15 is 0 Å². The van der Waals surface area contributed by atoms with Crippen molar-refractivity contribution >= 4 is 34.6 Å². The number of nitrogens with zero attached hydrogens (tertiary/aromatic N) is 5. The van der Waals surface area contributed by atoms with Crippen molar-refractivity contribution in [3.8, 4) is 0 Å². The lowest BCUT2D eigenvalue weighted by molar-refractivity contribution is -0.115. The monoisotopic (exact) mass is 409 g/mol. The molecule has 29 heavy (non-hydrogen) atoms. The van der Waals surface area contributed by atoms with Crippen molar-refractivity contribution < 1.29 is 9.59 Å². The SMILES string of the molecule is O=CNc1ccc(C2CC(Cc3nnc(NC(=O)Cc4ccccn4)s3)C2)nn1. The van der Waals surface area contributed by atoms with Gasteiger partial charge in [0.15, 0.2) is 5.82 Å². The van der Waals surface area contributed by atoms with Crippen LogP contribution in [0.25, 0.3) is 0 Å². The second-order valence-electron chi connectivity index (χ2n) is 6.89. The molecule has 3 aromatic rings. The summed E-state index contributed by atoms with van der Waals surface area (Å²) in [7, 11) is 0. The van der Waals surface area contributed by atoms with Crippen LogP contribution in [-0.2, 0) is 22.4 Å². The fraction of sp³-hybridized carbons (Fsp3) is 0.316. The van der Waals surface area contributed by atoms with Gasteiger partial charge in [-0.3, -0.25) is 14.6 Å². The minimum absolute atomic E-state index is 0.152. The molecule has 4 rings (SSSR count). The topological polar surface area (TPSA) is 123 Å². The second-order valence-corrected chi connectivity index (χ2v) is 7.95. The summed E-state index contributed by atoms with van der Waals surface area (Å²) in [6.45, 7) is 0. The van der Waals surface area contributed by atoms with E-state index in [1.807, 2.05) is 24.3 Å². The van der Waals surface area contributed by atoms with Crippen LogP contribution >= 0.6 is 11.3 Å². The van der Waals surface area contributed by atoms with Gasteiger partial charge >= 0.3 is 0 Å².